The van der Waals surface area contributed by atoms with Gasteiger partial charge in [-0.2, -0.15) is 0 Å². The molecule has 2 bridgehead atoms. The highest BCUT2D eigenvalue weighted by Gasteiger charge is 2.42. The molecule has 28 heavy (non-hydrogen) atoms. The first-order valence-electron chi connectivity index (χ1n) is 10.0. The Morgan fingerprint density at radius 1 is 0.893 bits per heavy atom. The number of fused-ring (bicyclic) bond motifs is 7. The lowest BCUT2D eigenvalue weighted by Gasteiger charge is -2.35. The largest absolute Gasteiger partial charge is 0.358 e. The zero-order chi connectivity index (χ0) is 18.8. The maximum Gasteiger partial charge on any atom is 0.261 e. The van der Waals surface area contributed by atoms with E-state index in [9.17, 15) is 9.59 Å². The molecule has 5 nitrogen and oxygen atoms in total. The molecule has 1 N–H and O–H groups in total. The Balaban J connectivity index is 1.27. The smallest absolute Gasteiger partial charge is 0.261 e. The van der Waals surface area contributed by atoms with Crippen molar-refractivity contribution in [3.8, 4) is 0 Å². The number of aromatic amines is 1. The van der Waals surface area contributed by atoms with Crippen LogP contribution in [-0.4, -0.2) is 45.7 Å². The van der Waals surface area contributed by atoms with Crippen LogP contribution in [0.2, 0.25) is 0 Å². The molecule has 0 radical (unpaired) electrons. The molecule has 0 spiro atoms. The van der Waals surface area contributed by atoms with E-state index < -0.39 is 0 Å². The number of hydrogen-bond acceptors (Lipinski definition) is 3. The summed E-state index contributed by atoms with van der Waals surface area (Å²) in [5.74, 6) is -0.310. The zero-order valence-electron chi connectivity index (χ0n) is 15.5. The van der Waals surface area contributed by atoms with Gasteiger partial charge in [-0.1, -0.05) is 30.3 Å². The number of benzene rings is 2. The number of imide groups is 1. The summed E-state index contributed by atoms with van der Waals surface area (Å²) in [6.45, 7) is 1.19. The lowest BCUT2D eigenvalue weighted by molar-refractivity contribution is 0.0616. The second-order valence-corrected chi connectivity index (χ2v) is 8.06. The lowest BCUT2D eigenvalue weighted by Crippen LogP contribution is -2.43. The minimum atomic E-state index is -0.155. The molecule has 1 fully saturated rings. The molecule has 1 saturated heterocycles. The summed E-state index contributed by atoms with van der Waals surface area (Å²) in [6, 6.07) is 16.5. The molecular weight excluding hydrogens is 350 g/mol. The Hall–Kier alpha value is -2.92. The van der Waals surface area contributed by atoms with E-state index in [0.717, 1.165) is 19.4 Å². The van der Waals surface area contributed by atoms with Crippen molar-refractivity contribution in [1.29, 1.82) is 0 Å². The molecule has 0 aliphatic carbocycles. The van der Waals surface area contributed by atoms with Gasteiger partial charge in [0.15, 0.2) is 0 Å². The van der Waals surface area contributed by atoms with Crippen molar-refractivity contribution < 1.29 is 9.59 Å². The van der Waals surface area contributed by atoms with Gasteiger partial charge in [-0.25, -0.2) is 0 Å². The topological polar surface area (TPSA) is 56.4 Å². The number of carbonyl (C=O) groups is 2. The zero-order valence-corrected chi connectivity index (χ0v) is 15.5. The number of aromatic nitrogens is 1. The van der Waals surface area contributed by atoms with Gasteiger partial charge < -0.3 is 4.98 Å². The number of amides is 2. The Bertz CT molecular complexity index is 1100. The van der Waals surface area contributed by atoms with Gasteiger partial charge in [0.2, 0.25) is 0 Å². The van der Waals surface area contributed by atoms with Crippen molar-refractivity contribution in [3.05, 3.63) is 70.9 Å². The first-order valence-corrected chi connectivity index (χ1v) is 10.0. The minimum absolute atomic E-state index is 0.155. The van der Waals surface area contributed by atoms with Gasteiger partial charge in [0.05, 0.1) is 11.1 Å². The van der Waals surface area contributed by atoms with E-state index in [0.29, 0.717) is 29.8 Å². The van der Waals surface area contributed by atoms with Crippen LogP contribution in [0.5, 0.6) is 0 Å². The van der Waals surface area contributed by atoms with E-state index in [1.165, 1.54) is 33.5 Å². The summed E-state index contributed by atoms with van der Waals surface area (Å²) in [4.78, 5) is 32.9. The van der Waals surface area contributed by atoms with Crippen LogP contribution in [0, 0.1) is 0 Å². The molecule has 2 unspecified atom stereocenters. The van der Waals surface area contributed by atoms with E-state index in [2.05, 4.69) is 34.1 Å². The van der Waals surface area contributed by atoms with Gasteiger partial charge in [0, 0.05) is 48.2 Å². The Morgan fingerprint density at radius 2 is 1.61 bits per heavy atom. The van der Waals surface area contributed by atoms with Gasteiger partial charge in [0.1, 0.15) is 0 Å². The number of para-hydroxylation sites is 1. The van der Waals surface area contributed by atoms with Crippen molar-refractivity contribution in [2.45, 2.75) is 31.3 Å². The number of nitrogens with zero attached hydrogens (tertiary/aromatic N) is 2. The number of nitrogens with one attached hydrogen (secondary N) is 1. The Kier molecular flexibility index (Phi) is 3.32. The normalized spacial score (nSPS) is 23.5. The van der Waals surface area contributed by atoms with Crippen LogP contribution in [0.25, 0.3) is 10.9 Å². The fourth-order valence-electron chi connectivity index (χ4n) is 5.46. The number of rotatable bonds is 3. The second-order valence-electron chi connectivity index (χ2n) is 8.06. The molecule has 2 amide bonds. The number of H-pyrrole nitrogens is 1. The molecule has 3 aliphatic rings. The summed E-state index contributed by atoms with van der Waals surface area (Å²) < 4.78 is 0. The van der Waals surface area contributed by atoms with E-state index in [4.69, 9.17) is 0 Å². The van der Waals surface area contributed by atoms with E-state index in [-0.39, 0.29) is 11.8 Å². The highest BCUT2D eigenvalue weighted by Crippen LogP contribution is 2.46. The summed E-state index contributed by atoms with van der Waals surface area (Å²) >= 11 is 0. The molecule has 4 heterocycles. The first-order chi connectivity index (χ1) is 13.7. The van der Waals surface area contributed by atoms with Gasteiger partial charge in [-0.05, 0) is 36.6 Å². The molecule has 140 valence electrons. The molecule has 1 aromatic heterocycles. The van der Waals surface area contributed by atoms with Crippen molar-refractivity contribution in [2.75, 3.05) is 13.1 Å². The van der Waals surface area contributed by atoms with Crippen LogP contribution in [0.1, 0.15) is 50.9 Å². The van der Waals surface area contributed by atoms with Crippen LogP contribution in [0.4, 0.5) is 0 Å². The second kappa shape index (κ2) is 5.79. The minimum Gasteiger partial charge on any atom is -0.358 e. The molecule has 3 aromatic rings. The van der Waals surface area contributed by atoms with Crippen molar-refractivity contribution in [2.24, 2.45) is 0 Å². The van der Waals surface area contributed by atoms with Crippen molar-refractivity contribution in [1.82, 2.24) is 14.8 Å². The molecule has 2 aromatic carbocycles. The highest BCUT2D eigenvalue weighted by atomic mass is 16.2. The van der Waals surface area contributed by atoms with E-state index in [1.807, 2.05) is 12.1 Å². The quantitative estimate of drug-likeness (QED) is 0.717. The summed E-state index contributed by atoms with van der Waals surface area (Å²) in [7, 11) is 0. The van der Waals surface area contributed by atoms with Crippen LogP contribution in [-0.2, 0) is 6.42 Å². The lowest BCUT2D eigenvalue weighted by atomic mass is 9.97. The third-order valence-corrected chi connectivity index (χ3v) is 6.70. The first kappa shape index (κ1) is 16.1. The molecule has 6 rings (SSSR count). The molecule has 0 saturated carbocycles. The molecule has 2 atom stereocenters. The van der Waals surface area contributed by atoms with Gasteiger partial charge in [-0.3, -0.25) is 19.4 Å². The van der Waals surface area contributed by atoms with Crippen LogP contribution >= 0.6 is 0 Å². The maximum absolute atomic E-state index is 12.7. The summed E-state index contributed by atoms with van der Waals surface area (Å²) in [5, 5.41) is 1.31. The van der Waals surface area contributed by atoms with Crippen molar-refractivity contribution >= 4 is 22.7 Å². The third-order valence-electron chi connectivity index (χ3n) is 6.70. The van der Waals surface area contributed by atoms with E-state index in [1.54, 1.807) is 12.1 Å². The number of carbonyl (C=O) groups excluding carboxylic acids is 2. The average Bonchev–Trinajstić information content (AvgIpc) is 3.31. The van der Waals surface area contributed by atoms with Crippen LogP contribution < -0.4 is 0 Å². The molecular formula is C23H21N3O2. The Morgan fingerprint density at radius 3 is 2.39 bits per heavy atom. The SMILES string of the molecule is O=C1c2ccccc2C(=O)N1CCN1C2CCC1c1c([nH]c3ccccc13)C2. The summed E-state index contributed by atoms with van der Waals surface area (Å²) in [5.41, 5.74) is 5.07. The van der Waals surface area contributed by atoms with Gasteiger partial charge >= 0.3 is 0 Å². The third kappa shape index (κ3) is 2.11. The fraction of sp³-hybridized carbons (Fsp3) is 0.304. The molecule has 3 aliphatic heterocycles. The van der Waals surface area contributed by atoms with Gasteiger partial charge in [0.25, 0.3) is 11.8 Å². The van der Waals surface area contributed by atoms with Crippen molar-refractivity contribution in [3.63, 3.8) is 0 Å². The van der Waals surface area contributed by atoms with Crippen LogP contribution in [0.3, 0.4) is 0 Å². The molecule has 5 heteroatoms. The van der Waals surface area contributed by atoms with Crippen LogP contribution in [0.15, 0.2) is 48.5 Å². The monoisotopic (exact) mass is 371 g/mol. The van der Waals surface area contributed by atoms with E-state index >= 15 is 0 Å². The predicted molar refractivity (Wildman–Crippen MR) is 106 cm³/mol. The average molecular weight is 371 g/mol. The maximum atomic E-state index is 12.7. The fourth-order valence-corrected chi connectivity index (χ4v) is 5.46. The van der Waals surface area contributed by atoms with Gasteiger partial charge in [-0.15, -0.1) is 0 Å². The highest BCUT2D eigenvalue weighted by molar-refractivity contribution is 6.21. The predicted octanol–water partition coefficient (Wildman–Crippen LogP) is 3.53. The number of hydrogen-bond donors (Lipinski definition) is 1. The summed E-state index contributed by atoms with van der Waals surface area (Å²) in [6.07, 6.45) is 3.33. The standard InChI is InChI=1S/C23H21N3O2/c27-22-15-5-1-2-6-16(15)23(28)26(22)12-11-25-14-9-10-20(25)21-17-7-3-4-8-18(17)24-19(21)13-14/h1-8,14,20,24H,9-13H2. The Labute approximate surface area is 162 Å².